The minimum atomic E-state index is 0.122. The van der Waals surface area contributed by atoms with E-state index in [0.29, 0.717) is 6.42 Å². The number of hydrogen-bond acceptors (Lipinski definition) is 2. The lowest BCUT2D eigenvalue weighted by atomic mass is 10.1. The van der Waals surface area contributed by atoms with Gasteiger partial charge in [0.2, 0.25) is 0 Å². The van der Waals surface area contributed by atoms with E-state index in [1.54, 1.807) is 0 Å². The third-order valence-electron chi connectivity index (χ3n) is 3.25. The molecule has 108 valence electrons. The lowest BCUT2D eigenvalue weighted by Gasteiger charge is -2.07. The zero-order chi connectivity index (χ0) is 14.9. The summed E-state index contributed by atoms with van der Waals surface area (Å²) in [4.78, 5) is 0. The maximum atomic E-state index is 8.80. The summed E-state index contributed by atoms with van der Waals surface area (Å²) < 4.78 is 0. The lowest BCUT2D eigenvalue weighted by molar-refractivity contribution is 0.305. The fourth-order valence-electron chi connectivity index (χ4n) is 2.02. The van der Waals surface area contributed by atoms with Gasteiger partial charge >= 0.3 is 0 Å². The van der Waals surface area contributed by atoms with Crippen molar-refractivity contribution < 1.29 is 5.11 Å². The second-order valence-corrected chi connectivity index (χ2v) is 5.84. The number of benzene rings is 2. The van der Waals surface area contributed by atoms with Gasteiger partial charge in [0.05, 0.1) is 6.61 Å². The van der Waals surface area contributed by atoms with Gasteiger partial charge in [0.15, 0.2) is 0 Å². The number of aliphatic hydroxyl groups is 1. The van der Waals surface area contributed by atoms with Gasteiger partial charge in [-0.1, -0.05) is 54.3 Å². The number of aliphatic hydroxyl groups excluding tert-OH is 1. The molecular weight excluding hydrogens is 276 g/mol. The van der Waals surface area contributed by atoms with Crippen molar-refractivity contribution in [2.24, 2.45) is 0 Å². The predicted molar refractivity (Wildman–Crippen MR) is 91.2 cm³/mol. The first-order valence-electron chi connectivity index (χ1n) is 7.11. The Kier molecular flexibility index (Phi) is 6.40. The highest BCUT2D eigenvalue weighted by Gasteiger charge is 2.01. The summed E-state index contributed by atoms with van der Waals surface area (Å²) in [7, 11) is 0. The number of hydrogen-bond donors (Lipinski definition) is 1. The van der Waals surface area contributed by atoms with E-state index in [-0.39, 0.29) is 6.61 Å². The molecule has 2 aromatic carbocycles. The Morgan fingerprint density at radius 3 is 2.38 bits per heavy atom. The molecule has 0 heterocycles. The van der Waals surface area contributed by atoms with Crippen molar-refractivity contribution in [3.05, 3.63) is 70.8 Å². The highest BCUT2D eigenvalue weighted by molar-refractivity contribution is 7.97. The van der Waals surface area contributed by atoms with Crippen LogP contribution in [0.2, 0.25) is 0 Å². The van der Waals surface area contributed by atoms with Crippen LogP contribution >= 0.6 is 11.8 Å². The van der Waals surface area contributed by atoms with E-state index in [9.17, 15) is 0 Å². The van der Waals surface area contributed by atoms with Gasteiger partial charge in [-0.05, 0) is 29.7 Å². The first-order valence-corrected chi connectivity index (χ1v) is 8.26. The average molecular weight is 296 g/mol. The molecule has 0 aliphatic rings. The number of rotatable bonds is 5. The van der Waals surface area contributed by atoms with Crippen LogP contribution in [0.25, 0.3) is 0 Å². The van der Waals surface area contributed by atoms with E-state index in [4.69, 9.17) is 5.11 Å². The van der Waals surface area contributed by atoms with Crippen LogP contribution in [0.5, 0.6) is 0 Å². The predicted octanol–water partition coefficient (Wildman–Crippen LogP) is 4.16. The van der Waals surface area contributed by atoms with Crippen molar-refractivity contribution in [1.82, 2.24) is 0 Å². The molecule has 0 aliphatic carbocycles. The summed E-state index contributed by atoms with van der Waals surface area (Å²) in [6, 6.07) is 16.8. The molecule has 1 nitrogen and oxygen atoms in total. The molecule has 0 saturated heterocycles. The Balaban J connectivity index is 1.98. The fourth-order valence-corrected chi connectivity index (χ4v) is 3.14. The normalized spacial score (nSPS) is 10.0. The standard InChI is InChI=1S/C19H20OS/c1-16-8-2-3-11-18(16)14-21-15-19-12-5-4-9-17(19)10-6-7-13-20/h2-5,8-9,11-12,20H,7,13-15H2,1H3. The van der Waals surface area contributed by atoms with Gasteiger partial charge in [-0.15, -0.1) is 0 Å². The van der Waals surface area contributed by atoms with E-state index < -0.39 is 0 Å². The second-order valence-electron chi connectivity index (χ2n) is 4.85. The van der Waals surface area contributed by atoms with E-state index in [1.165, 1.54) is 16.7 Å². The van der Waals surface area contributed by atoms with Crippen LogP contribution in [0.15, 0.2) is 48.5 Å². The molecule has 2 rings (SSSR count). The molecule has 0 unspecified atom stereocenters. The summed E-state index contributed by atoms with van der Waals surface area (Å²) >= 11 is 1.91. The second kappa shape index (κ2) is 8.56. The molecule has 21 heavy (non-hydrogen) atoms. The minimum absolute atomic E-state index is 0.122. The zero-order valence-electron chi connectivity index (χ0n) is 12.3. The molecule has 0 aliphatic heterocycles. The number of thioether (sulfide) groups is 1. The smallest absolute Gasteiger partial charge is 0.0540 e. The third kappa shape index (κ3) is 4.97. The average Bonchev–Trinajstić information content (AvgIpc) is 2.51. The van der Waals surface area contributed by atoms with E-state index in [2.05, 4.69) is 55.2 Å². The monoisotopic (exact) mass is 296 g/mol. The Labute approximate surface area is 131 Å². The number of aryl methyl sites for hydroxylation is 1. The zero-order valence-corrected chi connectivity index (χ0v) is 13.1. The van der Waals surface area contributed by atoms with Crippen molar-refractivity contribution in [2.45, 2.75) is 24.9 Å². The summed E-state index contributed by atoms with van der Waals surface area (Å²) in [5, 5.41) is 8.80. The summed E-state index contributed by atoms with van der Waals surface area (Å²) in [5.41, 5.74) is 5.08. The SMILES string of the molecule is Cc1ccccc1CSCc1ccccc1C#CCCO. The molecule has 2 heteroatoms. The van der Waals surface area contributed by atoms with Gasteiger partial charge in [-0.25, -0.2) is 0 Å². The van der Waals surface area contributed by atoms with Crippen molar-refractivity contribution in [3.63, 3.8) is 0 Å². The quantitative estimate of drug-likeness (QED) is 0.836. The molecule has 0 spiro atoms. The summed E-state index contributed by atoms with van der Waals surface area (Å²) in [6.07, 6.45) is 0.532. The van der Waals surface area contributed by atoms with Crippen LogP contribution in [0.4, 0.5) is 0 Å². The molecule has 0 fully saturated rings. The molecule has 1 N–H and O–H groups in total. The maximum Gasteiger partial charge on any atom is 0.0540 e. The van der Waals surface area contributed by atoms with Crippen LogP contribution < -0.4 is 0 Å². The van der Waals surface area contributed by atoms with Gasteiger partial charge in [0.1, 0.15) is 0 Å². The van der Waals surface area contributed by atoms with Crippen LogP contribution in [0, 0.1) is 18.8 Å². The van der Waals surface area contributed by atoms with E-state index in [1.807, 2.05) is 23.9 Å². The van der Waals surface area contributed by atoms with E-state index in [0.717, 1.165) is 17.1 Å². The third-order valence-corrected chi connectivity index (χ3v) is 4.28. The topological polar surface area (TPSA) is 20.2 Å². The first kappa shape index (κ1) is 15.7. The van der Waals surface area contributed by atoms with Gasteiger partial charge in [0.25, 0.3) is 0 Å². The molecule has 0 saturated carbocycles. The largest absolute Gasteiger partial charge is 0.395 e. The molecule has 2 aromatic rings. The molecule has 0 atom stereocenters. The Bertz CT molecular complexity index is 637. The van der Waals surface area contributed by atoms with Crippen molar-refractivity contribution in [2.75, 3.05) is 6.61 Å². The first-order chi connectivity index (χ1) is 10.3. The highest BCUT2D eigenvalue weighted by Crippen LogP contribution is 2.21. The maximum absolute atomic E-state index is 8.80. The Hall–Kier alpha value is -1.69. The molecule has 0 bridgehead atoms. The Morgan fingerprint density at radius 1 is 0.952 bits per heavy atom. The van der Waals surface area contributed by atoms with Crippen molar-refractivity contribution in [3.8, 4) is 11.8 Å². The molecule has 0 radical (unpaired) electrons. The van der Waals surface area contributed by atoms with Crippen molar-refractivity contribution >= 4 is 11.8 Å². The van der Waals surface area contributed by atoms with E-state index >= 15 is 0 Å². The molecule has 0 aromatic heterocycles. The highest BCUT2D eigenvalue weighted by atomic mass is 32.2. The molecular formula is C19H20OS. The lowest BCUT2D eigenvalue weighted by Crippen LogP contribution is -1.90. The van der Waals surface area contributed by atoms with Crippen molar-refractivity contribution in [1.29, 1.82) is 0 Å². The van der Waals surface area contributed by atoms with Crippen LogP contribution in [0.1, 0.15) is 28.7 Å². The molecule has 0 amide bonds. The minimum Gasteiger partial charge on any atom is -0.395 e. The fraction of sp³-hybridized carbons (Fsp3) is 0.263. The Morgan fingerprint density at radius 2 is 1.62 bits per heavy atom. The van der Waals surface area contributed by atoms with Crippen LogP contribution in [-0.2, 0) is 11.5 Å². The van der Waals surface area contributed by atoms with Gasteiger partial charge in [-0.3, -0.25) is 0 Å². The van der Waals surface area contributed by atoms with Crippen LogP contribution in [0.3, 0.4) is 0 Å². The van der Waals surface area contributed by atoms with Gasteiger partial charge < -0.3 is 5.11 Å². The summed E-state index contributed by atoms with van der Waals surface area (Å²) in [5.74, 6) is 8.13. The van der Waals surface area contributed by atoms with Gasteiger partial charge in [-0.2, -0.15) is 11.8 Å². The van der Waals surface area contributed by atoms with Gasteiger partial charge in [0, 0.05) is 23.5 Å². The summed E-state index contributed by atoms with van der Waals surface area (Å²) in [6.45, 7) is 2.28. The van der Waals surface area contributed by atoms with Crippen LogP contribution in [-0.4, -0.2) is 11.7 Å².